The average molecular weight is 606 g/mol. The minimum Gasteiger partial charge on any atom is -0.390 e. The summed E-state index contributed by atoms with van der Waals surface area (Å²) in [4.78, 5) is 24.9. The lowest BCUT2D eigenvalue weighted by Crippen LogP contribution is -2.48. The number of aliphatic hydroxyl groups is 1. The number of benzene rings is 3. The van der Waals surface area contributed by atoms with Crippen LogP contribution in [0.2, 0.25) is 0 Å². The number of carbonyl (C=O) groups is 2. The first-order chi connectivity index (χ1) is 19.8. The maximum absolute atomic E-state index is 14.1. The Labute approximate surface area is 243 Å². The summed E-state index contributed by atoms with van der Waals surface area (Å²) in [5.74, 6) is -3.83. The highest BCUT2D eigenvalue weighted by Gasteiger charge is 2.23. The Morgan fingerprint density at radius 3 is 2.21 bits per heavy atom. The van der Waals surface area contributed by atoms with Crippen LogP contribution in [0.4, 0.5) is 18.9 Å². The largest absolute Gasteiger partial charge is 0.390 e. The fraction of sp³-hybridized carbons (Fsp3) is 0.333. The van der Waals surface area contributed by atoms with Crippen molar-refractivity contribution in [1.82, 2.24) is 10.6 Å². The molecule has 0 spiro atoms. The van der Waals surface area contributed by atoms with Crippen molar-refractivity contribution in [1.29, 1.82) is 0 Å². The molecule has 4 N–H and O–H groups in total. The highest BCUT2D eigenvalue weighted by molar-refractivity contribution is 7.90. The van der Waals surface area contributed by atoms with Crippen molar-refractivity contribution in [3.8, 4) is 0 Å². The summed E-state index contributed by atoms with van der Waals surface area (Å²) < 4.78 is 65.2. The standard InChI is InChI=1S/C30H34F3N3O5S/c1-3-19-5-4-6-20(11-19)17-34-18-28(37)27(14-21-12-22(31)15-23(32)13-21)36-30(39)10-9-29(38)35-26-16-24(42(2,40)41)7-8-25(26)33/h4-8,11-13,15-16,27-28,34,37H,3,9-10,14,17-18H2,1-2H3,(H,35,38)(H,36,39). The van der Waals surface area contributed by atoms with Gasteiger partial charge in [-0.2, -0.15) is 0 Å². The predicted octanol–water partition coefficient (Wildman–Crippen LogP) is 3.67. The summed E-state index contributed by atoms with van der Waals surface area (Å²) in [5.41, 5.74) is 2.02. The summed E-state index contributed by atoms with van der Waals surface area (Å²) in [5, 5.41) is 18.9. The summed E-state index contributed by atoms with van der Waals surface area (Å²) in [6, 6.07) is 12.8. The molecule has 0 aromatic heterocycles. The Hall–Kier alpha value is -3.74. The molecule has 12 heteroatoms. The third-order valence-electron chi connectivity index (χ3n) is 6.49. The zero-order valence-corrected chi connectivity index (χ0v) is 24.1. The molecule has 3 aromatic rings. The van der Waals surface area contributed by atoms with E-state index in [1.54, 1.807) is 0 Å². The molecule has 0 heterocycles. The van der Waals surface area contributed by atoms with Crippen LogP contribution >= 0.6 is 0 Å². The molecule has 42 heavy (non-hydrogen) atoms. The van der Waals surface area contributed by atoms with Crippen molar-refractivity contribution in [2.75, 3.05) is 18.1 Å². The fourth-order valence-electron chi connectivity index (χ4n) is 4.28. The molecule has 0 aliphatic rings. The third kappa shape index (κ3) is 10.3. The Morgan fingerprint density at radius 2 is 1.55 bits per heavy atom. The molecule has 0 radical (unpaired) electrons. The number of aliphatic hydroxyl groups excluding tert-OH is 1. The van der Waals surface area contributed by atoms with Crippen LogP contribution in [-0.2, 0) is 38.8 Å². The first-order valence-electron chi connectivity index (χ1n) is 13.3. The van der Waals surface area contributed by atoms with Crippen LogP contribution in [0.25, 0.3) is 0 Å². The SMILES string of the molecule is CCc1cccc(CNCC(O)C(Cc2cc(F)cc(F)c2)NC(=O)CCC(=O)Nc2cc(S(C)(=O)=O)ccc2F)c1. The van der Waals surface area contributed by atoms with Gasteiger partial charge in [-0.05, 0) is 59.9 Å². The average Bonchev–Trinajstić information content (AvgIpc) is 2.91. The molecule has 2 amide bonds. The molecule has 226 valence electrons. The van der Waals surface area contributed by atoms with Gasteiger partial charge < -0.3 is 21.1 Å². The lowest BCUT2D eigenvalue weighted by molar-refractivity contribution is -0.125. The normalized spacial score (nSPS) is 12.9. The van der Waals surface area contributed by atoms with Crippen molar-refractivity contribution in [3.05, 3.63) is 94.8 Å². The van der Waals surface area contributed by atoms with Crippen molar-refractivity contribution < 1.29 is 36.3 Å². The Morgan fingerprint density at radius 1 is 0.881 bits per heavy atom. The smallest absolute Gasteiger partial charge is 0.224 e. The Kier molecular flexibility index (Phi) is 11.7. The van der Waals surface area contributed by atoms with Gasteiger partial charge in [-0.25, -0.2) is 21.6 Å². The maximum atomic E-state index is 14.1. The number of hydrogen-bond acceptors (Lipinski definition) is 6. The molecule has 0 fully saturated rings. The van der Waals surface area contributed by atoms with E-state index in [-0.39, 0.29) is 42.0 Å². The van der Waals surface area contributed by atoms with Crippen molar-refractivity contribution in [3.63, 3.8) is 0 Å². The number of carbonyl (C=O) groups excluding carboxylic acids is 2. The van der Waals surface area contributed by atoms with Gasteiger partial charge in [0.15, 0.2) is 9.84 Å². The topological polar surface area (TPSA) is 125 Å². The van der Waals surface area contributed by atoms with Gasteiger partial charge in [-0.1, -0.05) is 31.2 Å². The lowest BCUT2D eigenvalue weighted by Gasteiger charge is -2.25. The molecule has 0 saturated carbocycles. The molecular weight excluding hydrogens is 571 g/mol. The third-order valence-corrected chi connectivity index (χ3v) is 7.60. The van der Waals surface area contributed by atoms with Crippen molar-refractivity contribution in [2.45, 2.75) is 56.2 Å². The van der Waals surface area contributed by atoms with Gasteiger partial charge in [-0.15, -0.1) is 0 Å². The minimum absolute atomic E-state index is 0.0511. The van der Waals surface area contributed by atoms with Gasteiger partial charge >= 0.3 is 0 Å². The number of rotatable bonds is 14. The van der Waals surface area contributed by atoms with E-state index < -0.39 is 51.2 Å². The number of halogens is 3. The van der Waals surface area contributed by atoms with E-state index in [1.807, 2.05) is 31.2 Å². The quantitative estimate of drug-likeness (QED) is 0.208. The van der Waals surface area contributed by atoms with Crippen molar-refractivity contribution in [2.24, 2.45) is 0 Å². The van der Waals surface area contributed by atoms with E-state index in [9.17, 15) is 36.3 Å². The molecule has 0 aliphatic heterocycles. The molecule has 0 bridgehead atoms. The van der Waals surface area contributed by atoms with Gasteiger partial charge in [0.25, 0.3) is 0 Å². The van der Waals surface area contributed by atoms with Crippen LogP contribution in [-0.4, -0.2) is 50.3 Å². The number of sulfone groups is 1. The minimum atomic E-state index is -3.64. The van der Waals surface area contributed by atoms with Crippen LogP contribution < -0.4 is 16.0 Å². The highest BCUT2D eigenvalue weighted by Crippen LogP contribution is 2.20. The first kappa shape index (κ1) is 32.8. The Bertz CT molecular complexity index is 1500. The van der Waals surface area contributed by atoms with E-state index >= 15 is 0 Å². The molecule has 8 nitrogen and oxygen atoms in total. The van der Waals surface area contributed by atoms with Crippen molar-refractivity contribution >= 4 is 27.3 Å². The summed E-state index contributed by atoms with van der Waals surface area (Å²) in [6.45, 7) is 2.53. The summed E-state index contributed by atoms with van der Waals surface area (Å²) >= 11 is 0. The van der Waals surface area contributed by atoms with Crippen LogP contribution in [0.1, 0.15) is 36.5 Å². The highest BCUT2D eigenvalue weighted by atomic mass is 32.2. The monoisotopic (exact) mass is 605 g/mol. The van der Waals surface area contributed by atoms with Crippen LogP contribution in [0.3, 0.4) is 0 Å². The number of anilines is 1. The van der Waals surface area contributed by atoms with Crippen LogP contribution in [0.15, 0.2) is 65.6 Å². The number of nitrogens with one attached hydrogen (secondary N) is 3. The van der Waals surface area contributed by atoms with Crippen LogP contribution in [0.5, 0.6) is 0 Å². The number of amides is 2. The van der Waals surface area contributed by atoms with Gasteiger partial charge in [0.2, 0.25) is 11.8 Å². The second-order valence-electron chi connectivity index (χ2n) is 9.99. The summed E-state index contributed by atoms with van der Waals surface area (Å²) in [6.07, 6.45) is -0.164. The van der Waals surface area contributed by atoms with E-state index in [0.717, 1.165) is 54.1 Å². The predicted molar refractivity (Wildman–Crippen MR) is 153 cm³/mol. The second kappa shape index (κ2) is 14.9. The maximum Gasteiger partial charge on any atom is 0.224 e. The van der Waals surface area contributed by atoms with E-state index in [0.29, 0.717) is 12.6 Å². The van der Waals surface area contributed by atoms with Gasteiger partial charge in [0.1, 0.15) is 17.5 Å². The molecule has 2 unspecified atom stereocenters. The van der Waals surface area contributed by atoms with Crippen LogP contribution in [0, 0.1) is 17.5 Å². The van der Waals surface area contributed by atoms with E-state index in [2.05, 4.69) is 16.0 Å². The molecule has 3 aromatic carbocycles. The number of aryl methyl sites for hydroxylation is 1. The zero-order valence-electron chi connectivity index (χ0n) is 23.3. The van der Waals surface area contributed by atoms with E-state index in [1.165, 1.54) is 0 Å². The van der Waals surface area contributed by atoms with Gasteiger partial charge in [0.05, 0.1) is 22.7 Å². The zero-order chi connectivity index (χ0) is 30.9. The molecule has 3 rings (SSSR count). The van der Waals surface area contributed by atoms with Gasteiger partial charge in [0, 0.05) is 38.3 Å². The summed E-state index contributed by atoms with van der Waals surface area (Å²) in [7, 11) is -3.64. The lowest BCUT2D eigenvalue weighted by atomic mass is 10.00. The molecule has 2 atom stereocenters. The number of hydrogen-bond donors (Lipinski definition) is 4. The fourth-order valence-corrected chi connectivity index (χ4v) is 4.93. The second-order valence-corrected chi connectivity index (χ2v) is 12.0. The van der Waals surface area contributed by atoms with Gasteiger partial charge in [-0.3, -0.25) is 9.59 Å². The molecule has 0 aliphatic carbocycles. The molecule has 0 saturated heterocycles. The molecular formula is C30H34F3N3O5S. The Balaban J connectivity index is 1.62. The van der Waals surface area contributed by atoms with E-state index in [4.69, 9.17) is 0 Å². The first-order valence-corrected chi connectivity index (χ1v) is 15.2.